The Bertz CT molecular complexity index is 109. The van der Waals surface area contributed by atoms with E-state index < -0.39 is 0 Å². The van der Waals surface area contributed by atoms with Gasteiger partial charge in [-0.25, -0.2) is 0 Å². The van der Waals surface area contributed by atoms with Gasteiger partial charge < -0.3 is 0 Å². The van der Waals surface area contributed by atoms with Crippen LogP contribution in [0.25, 0.3) is 0 Å². The predicted molar refractivity (Wildman–Crippen MR) is 70.9 cm³/mol. The van der Waals surface area contributed by atoms with Crippen molar-refractivity contribution in [3.63, 3.8) is 0 Å². The molecule has 0 N–H and O–H groups in total. The first-order chi connectivity index (χ1) is 7.28. The van der Waals surface area contributed by atoms with E-state index in [9.17, 15) is 0 Å². The third kappa shape index (κ3) is 8.52. The van der Waals surface area contributed by atoms with Crippen LogP contribution in [0, 0.1) is 0 Å². The van der Waals surface area contributed by atoms with Gasteiger partial charge in [-0.05, 0) is 0 Å². The monoisotopic (exact) mass is 320 g/mol. The van der Waals surface area contributed by atoms with E-state index in [-0.39, 0.29) is 21.1 Å². The summed E-state index contributed by atoms with van der Waals surface area (Å²) in [5, 5.41) is 0. The zero-order chi connectivity index (χ0) is 11.5. The Morgan fingerprint density at radius 2 is 1.00 bits per heavy atom. The van der Waals surface area contributed by atoms with Crippen LogP contribution >= 0.6 is 0 Å². The third-order valence-electron chi connectivity index (χ3n) is 3.00. The van der Waals surface area contributed by atoms with E-state index in [1.165, 1.54) is 48.1 Å². The average molecular weight is 319 g/mol. The molecule has 15 heavy (non-hydrogen) atoms. The van der Waals surface area contributed by atoms with Gasteiger partial charge in [0.1, 0.15) is 0 Å². The van der Waals surface area contributed by atoms with Gasteiger partial charge in [0.2, 0.25) is 0 Å². The van der Waals surface area contributed by atoms with Crippen LogP contribution in [0.15, 0.2) is 0 Å². The van der Waals surface area contributed by atoms with Crippen molar-refractivity contribution in [3.8, 4) is 0 Å². The summed E-state index contributed by atoms with van der Waals surface area (Å²) >= 11 is -0.0585. The van der Waals surface area contributed by atoms with Crippen LogP contribution in [0.1, 0.15) is 27.7 Å². The van der Waals surface area contributed by atoms with Crippen molar-refractivity contribution in [2.24, 2.45) is 0 Å². The van der Waals surface area contributed by atoms with Crippen LogP contribution in [0.3, 0.4) is 0 Å². The number of nitrogens with zero attached hydrogens (tertiary/aromatic N) is 2. The van der Waals surface area contributed by atoms with Crippen molar-refractivity contribution in [2.75, 3.05) is 39.3 Å². The van der Waals surface area contributed by atoms with Gasteiger partial charge in [0.15, 0.2) is 0 Å². The van der Waals surface area contributed by atoms with Crippen molar-refractivity contribution in [1.82, 2.24) is 9.80 Å². The first kappa shape index (κ1) is 15.7. The first-order valence-corrected chi connectivity index (χ1v) is 10.5. The Labute approximate surface area is 107 Å². The Kier molecular flexibility index (Phi) is 11.7. The molecule has 0 aliphatic carbocycles. The fourth-order valence-corrected chi connectivity index (χ4v) is 5.10. The molecular formula is C12H28N2Sn+2. The molecule has 0 fully saturated rings. The van der Waals surface area contributed by atoms with Gasteiger partial charge >= 0.3 is 107 Å². The zero-order valence-corrected chi connectivity index (χ0v) is 13.9. The third-order valence-corrected chi connectivity index (χ3v) is 6.29. The van der Waals surface area contributed by atoms with Crippen LogP contribution in [0.2, 0.25) is 8.87 Å². The summed E-state index contributed by atoms with van der Waals surface area (Å²) in [6.45, 7) is 16.7. The quantitative estimate of drug-likeness (QED) is 0.450. The molecule has 0 saturated carbocycles. The van der Waals surface area contributed by atoms with Gasteiger partial charge in [-0.2, -0.15) is 0 Å². The van der Waals surface area contributed by atoms with Gasteiger partial charge in [-0.1, -0.05) is 0 Å². The second-order valence-electron chi connectivity index (χ2n) is 3.80. The van der Waals surface area contributed by atoms with E-state index in [1.807, 2.05) is 0 Å². The SMILES string of the molecule is CCN(CC)C[CH2][Sn+2][CH2]CN(CC)CC. The Morgan fingerprint density at radius 3 is 1.27 bits per heavy atom. The molecule has 88 valence electrons. The Hall–Kier alpha value is 0.719. The maximum atomic E-state index is 2.55. The molecule has 0 aliphatic heterocycles. The summed E-state index contributed by atoms with van der Waals surface area (Å²) < 4.78 is 3.07. The molecule has 3 heteroatoms. The van der Waals surface area contributed by atoms with E-state index in [2.05, 4.69) is 37.5 Å². The molecule has 0 aliphatic rings. The van der Waals surface area contributed by atoms with Gasteiger partial charge in [0.05, 0.1) is 0 Å². The topological polar surface area (TPSA) is 6.48 Å². The molecule has 2 nitrogen and oxygen atoms in total. The maximum absolute atomic E-state index is 2.55. The minimum atomic E-state index is -0.0585. The molecular weight excluding hydrogens is 291 g/mol. The second-order valence-corrected chi connectivity index (χ2v) is 8.08. The summed E-state index contributed by atoms with van der Waals surface area (Å²) in [4.78, 5) is 5.11. The molecule has 0 unspecified atom stereocenters. The minimum absolute atomic E-state index is 0.0585. The van der Waals surface area contributed by atoms with Gasteiger partial charge in [0, 0.05) is 0 Å². The van der Waals surface area contributed by atoms with Gasteiger partial charge in [-0.15, -0.1) is 0 Å². The van der Waals surface area contributed by atoms with Crippen LogP contribution in [-0.4, -0.2) is 70.2 Å². The molecule has 0 aromatic carbocycles. The fraction of sp³-hybridized carbons (Fsp3) is 1.00. The van der Waals surface area contributed by atoms with E-state index >= 15 is 0 Å². The van der Waals surface area contributed by atoms with Gasteiger partial charge in [0.25, 0.3) is 0 Å². The second kappa shape index (κ2) is 11.2. The van der Waals surface area contributed by atoms with E-state index in [0.29, 0.717) is 0 Å². The predicted octanol–water partition coefficient (Wildman–Crippen LogP) is 2.21. The summed E-state index contributed by atoms with van der Waals surface area (Å²) in [5.41, 5.74) is 0. The van der Waals surface area contributed by atoms with Crippen LogP contribution in [0.4, 0.5) is 0 Å². The molecule has 0 atom stereocenters. The van der Waals surface area contributed by atoms with Crippen molar-refractivity contribution >= 4 is 21.1 Å². The summed E-state index contributed by atoms with van der Waals surface area (Å²) in [6.07, 6.45) is 0. The summed E-state index contributed by atoms with van der Waals surface area (Å²) in [5.74, 6) is 0. The molecule has 0 radical (unpaired) electrons. The van der Waals surface area contributed by atoms with Crippen molar-refractivity contribution in [3.05, 3.63) is 0 Å². The number of rotatable bonds is 10. The molecule has 0 rings (SSSR count). The van der Waals surface area contributed by atoms with E-state index in [4.69, 9.17) is 0 Å². The van der Waals surface area contributed by atoms with Crippen molar-refractivity contribution in [1.29, 1.82) is 0 Å². The molecule has 0 bridgehead atoms. The standard InChI is InChI=1S/2C6H14N.Sn/c2*1-4-7(5-2)6-3;/h2*1,4-6H2,2-3H3;/q;;+2. The van der Waals surface area contributed by atoms with E-state index in [0.717, 1.165) is 0 Å². The summed E-state index contributed by atoms with van der Waals surface area (Å²) in [6, 6.07) is 0. The van der Waals surface area contributed by atoms with Crippen LogP contribution in [-0.2, 0) is 0 Å². The van der Waals surface area contributed by atoms with Crippen molar-refractivity contribution in [2.45, 2.75) is 36.6 Å². The first-order valence-electron chi connectivity index (χ1n) is 6.43. The molecule has 0 saturated heterocycles. The molecule has 0 amide bonds. The van der Waals surface area contributed by atoms with E-state index in [1.54, 1.807) is 0 Å². The number of hydrogen-bond donors (Lipinski definition) is 0. The average Bonchev–Trinajstić information content (AvgIpc) is 2.29. The number of hydrogen-bond acceptors (Lipinski definition) is 2. The molecule has 0 heterocycles. The van der Waals surface area contributed by atoms with Crippen LogP contribution < -0.4 is 0 Å². The van der Waals surface area contributed by atoms with Crippen molar-refractivity contribution < 1.29 is 0 Å². The normalized spacial score (nSPS) is 11.1. The fourth-order valence-electron chi connectivity index (χ4n) is 1.68. The molecule has 0 aromatic heterocycles. The Balaban J connectivity index is 3.30. The molecule has 0 spiro atoms. The zero-order valence-electron chi connectivity index (χ0n) is 11.1. The summed E-state index contributed by atoms with van der Waals surface area (Å²) in [7, 11) is 0. The molecule has 0 aromatic rings. The Morgan fingerprint density at radius 1 is 0.667 bits per heavy atom. The van der Waals surface area contributed by atoms with Gasteiger partial charge in [-0.3, -0.25) is 0 Å². The van der Waals surface area contributed by atoms with Crippen LogP contribution in [0.5, 0.6) is 0 Å².